The minimum atomic E-state index is -0.456. The third kappa shape index (κ3) is 6.18. The van der Waals surface area contributed by atoms with Crippen molar-refractivity contribution in [3.63, 3.8) is 0 Å². The van der Waals surface area contributed by atoms with E-state index in [0.29, 0.717) is 23.8 Å². The first-order valence-corrected chi connectivity index (χ1v) is 12.8. The molecule has 10 nitrogen and oxygen atoms in total. The number of fused-ring (bicyclic) bond motifs is 1. The number of aromatic hydroxyl groups is 1. The number of carbonyl (C=O) groups excluding carboxylic acids is 2. The average Bonchev–Trinajstić information content (AvgIpc) is 3.48. The highest BCUT2D eigenvalue weighted by Crippen LogP contribution is 2.39. The number of hydrogen-bond acceptors (Lipinski definition) is 8. The molecule has 2 aromatic carbocycles. The second kappa shape index (κ2) is 12.2. The summed E-state index contributed by atoms with van der Waals surface area (Å²) in [5, 5.41) is 20.9. The second-order valence-corrected chi connectivity index (χ2v) is 9.68. The lowest BCUT2D eigenvalue weighted by molar-refractivity contribution is -0.135. The molecule has 10 heteroatoms. The Hall–Kier alpha value is -4.02. The smallest absolute Gasteiger partial charge is 0.313 e. The first-order chi connectivity index (χ1) is 18.7. The van der Waals surface area contributed by atoms with Crippen molar-refractivity contribution in [1.29, 1.82) is 0 Å². The quantitative estimate of drug-likeness (QED) is 0.211. The number of esters is 1. The molecule has 0 aliphatic heterocycles. The Morgan fingerprint density at radius 1 is 1.00 bits per heavy atom. The number of benzene rings is 2. The molecule has 4 rings (SSSR count). The lowest BCUT2D eigenvalue weighted by Gasteiger charge is -2.17. The van der Waals surface area contributed by atoms with Gasteiger partial charge >= 0.3 is 5.97 Å². The molecule has 0 fully saturated rings. The van der Waals surface area contributed by atoms with E-state index < -0.39 is 5.97 Å². The van der Waals surface area contributed by atoms with Gasteiger partial charge in [-0.25, -0.2) is 0 Å². The second-order valence-electron chi connectivity index (χ2n) is 9.68. The van der Waals surface area contributed by atoms with Crippen LogP contribution in [0.5, 0.6) is 11.5 Å². The third-order valence-electron chi connectivity index (χ3n) is 6.52. The van der Waals surface area contributed by atoms with Crippen molar-refractivity contribution in [2.24, 2.45) is 7.05 Å². The van der Waals surface area contributed by atoms with Crippen LogP contribution in [0.3, 0.4) is 0 Å². The van der Waals surface area contributed by atoms with E-state index in [1.807, 2.05) is 55.9 Å². The molecular weight excluding hydrogens is 500 g/mol. The summed E-state index contributed by atoms with van der Waals surface area (Å²) in [5.74, 6) is 0.449. The summed E-state index contributed by atoms with van der Waals surface area (Å²) < 4.78 is 19.4. The SMILES string of the molecule is COCCC(=O)Cc1nnc(-c2cc(C(C)C)c(OC(=O)CCOC)cc2O)n1-c1ccc2c(ccn2C)c1. The van der Waals surface area contributed by atoms with Crippen LogP contribution >= 0.6 is 0 Å². The number of aryl methyl sites for hydroxylation is 1. The van der Waals surface area contributed by atoms with Crippen molar-refractivity contribution in [3.05, 3.63) is 54.0 Å². The Morgan fingerprint density at radius 3 is 2.46 bits per heavy atom. The zero-order valence-electron chi connectivity index (χ0n) is 22.9. The molecule has 206 valence electrons. The van der Waals surface area contributed by atoms with Gasteiger partial charge in [-0.3, -0.25) is 14.2 Å². The van der Waals surface area contributed by atoms with Gasteiger partial charge in [0.1, 0.15) is 23.1 Å². The number of methoxy groups -OCH3 is 2. The summed E-state index contributed by atoms with van der Waals surface area (Å²) in [6, 6.07) is 11.1. The van der Waals surface area contributed by atoms with Crippen molar-refractivity contribution in [2.45, 2.75) is 39.0 Å². The van der Waals surface area contributed by atoms with E-state index in [1.165, 1.54) is 13.2 Å². The molecule has 0 atom stereocenters. The van der Waals surface area contributed by atoms with Crippen LogP contribution < -0.4 is 4.74 Å². The molecule has 0 bridgehead atoms. The Kier molecular flexibility index (Phi) is 8.78. The lowest BCUT2D eigenvalue weighted by atomic mass is 9.98. The maximum atomic E-state index is 12.7. The van der Waals surface area contributed by atoms with E-state index in [1.54, 1.807) is 17.7 Å². The Labute approximate surface area is 227 Å². The molecule has 2 heterocycles. The molecular formula is C29H34N4O6. The van der Waals surface area contributed by atoms with E-state index >= 15 is 0 Å². The summed E-state index contributed by atoms with van der Waals surface area (Å²) in [5.41, 5.74) is 2.94. The van der Waals surface area contributed by atoms with E-state index in [4.69, 9.17) is 14.2 Å². The standard InChI is InChI=1S/C29H34N4O6/c1-18(2)22-16-23(25(35)17-26(22)39-28(36)10-13-38-5)29-31-30-27(15-21(34)9-12-37-4)33(29)20-6-7-24-19(14-20)8-11-32(24)3/h6-8,11,14,16-18,35H,9-10,12-13,15H2,1-5H3. The fraction of sp³-hybridized carbons (Fsp3) is 0.379. The zero-order valence-corrected chi connectivity index (χ0v) is 22.9. The molecule has 1 N–H and O–H groups in total. The Morgan fingerprint density at radius 2 is 1.74 bits per heavy atom. The molecule has 0 spiro atoms. The molecule has 0 radical (unpaired) electrons. The first kappa shape index (κ1) is 28.0. The lowest BCUT2D eigenvalue weighted by Crippen LogP contribution is -2.13. The van der Waals surface area contributed by atoms with Crippen LogP contribution in [0.1, 0.15) is 44.0 Å². The number of aromatic nitrogens is 4. The number of phenolic OH excluding ortho intramolecular Hbond substituents is 1. The highest BCUT2D eigenvalue weighted by molar-refractivity contribution is 5.84. The van der Waals surface area contributed by atoms with Gasteiger partial charge in [0, 0.05) is 56.5 Å². The average molecular weight is 535 g/mol. The number of ether oxygens (including phenoxy) is 3. The van der Waals surface area contributed by atoms with E-state index in [0.717, 1.165) is 22.2 Å². The topological polar surface area (TPSA) is 118 Å². The number of nitrogens with zero attached hydrogens (tertiary/aromatic N) is 4. The van der Waals surface area contributed by atoms with Crippen LogP contribution in [0.4, 0.5) is 0 Å². The summed E-state index contributed by atoms with van der Waals surface area (Å²) in [4.78, 5) is 25.0. The molecule has 2 aromatic heterocycles. The largest absolute Gasteiger partial charge is 0.507 e. The number of carbonyl (C=O) groups is 2. The van der Waals surface area contributed by atoms with Crippen LogP contribution in [0, 0.1) is 0 Å². The zero-order chi connectivity index (χ0) is 28.1. The van der Waals surface area contributed by atoms with Crippen molar-refractivity contribution in [3.8, 4) is 28.6 Å². The molecule has 0 saturated heterocycles. The van der Waals surface area contributed by atoms with Crippen molar-refractivity contribution >= 4 is 22.7 Å². The highest BCUT2D eigenvalue weighted by Gasteiger charge is 2.24. The van der Waals surface area contributed by atoms with Crippen molar-refractivity contribution < 1.29 is 28.9 Å². The van der Waals surface area contributed by atoms with Gasteiger partial charge in [0.15, 0.2) is 5.82 Å². The molecule has 0 aliphatic carbocycles. The van der Waals surface area contributed by atoms with Gasteiger partial charge in [-0.15, -0.1) is 10.2 Å². The summed E-state index contributed by atoms with van der Waals surface area (Å²) in [7, 11) is 5.04. The minimum absolute atomic E-state index is 0.0262. The molecule has 0 aliphatic rings. The van der Waals surface area contributed by atoms with Gasteiger partial charge in [-0.1, -0.05) is 13.8 Å². The van der Waals surface area contributed by atoms with E-state index in [-0.39, 0.29) is 49.1 Å². The van der Waals surface area contributed by atoms with E-state index in [2.05, 4.69) is 10.2 Å². The maximum Gasteiger partial charge on any atom is 0.313 e. The first-order valence-electron chi connectivity index (χ1n) is 12.8. The monoisotopic (exact) mass is 534 g/mol. The molecule has 0 amide bonds. The summed E-state index contributed by atoms with van der Waals surface area (Å²) in [6.07, 6.45) is 2.37. The van der Waals surface area contributed by atoms with E-state index in [9.17, 15) is 14.7 Å². The van der Waals surface area contributed by atoms with Crippen molar-refractivity contribution in [1.82, 2.24) is 19.3 Å². The normalized spacial score (nSPS) is 11.4. The van der Waals surface area contributed by atoms with Gasteiger partial charge in [0.25, 0.3) is 0 Å². The van der Waals surface area contributed by atoms with Gasteiger partial charge in [0.05, 0.1) is 31.6 Å². The van der Waals surface area contributed by atoms with Crippen LogP contribution in [0.15, 0.2) is 42.6 Å². The number of Topliss-reactive ketones (excluding diaryl/α,β-unsaturated/α-hetero) is 1. The number of rotatable bonds is 12. The highest BCUT2D eigenvalue weighted by atomic mass is 16.5. The number of ketones is 1. The summed E-state index contributed by atoms with van der Waals surface area (Å²) in [6.45, 7) is 4.49. The minimum Gasteiger partial charge on any atom is -0.507 e. The van der Waals surface area contributed by atoms with Crippen LogP contribution in [-0.4, -0.2) is 63.6 Å². The molecule has 4 aromatic rings. The third-order valence-corrected chi connectivity index (χ3v) is 6.52. The van der Waals surface area contributed by atoms with Gasteiger partial charge in [0.2, 0.25) is 0 Å². The predicted octanol–water partition coefficient (Wildman–Crippen LogP) is 4.35. The molecule has 0 unspecified atom stereocenters. The molecule has 39 heavy (non-hydrogen) atoms. The number of phenols is 1. The van der Waals surface area contributed by atoms with Crippen LogP contribution in [0.2, 0.25) is 0 Å². The Balaban J connectivity index is 1.83. The van der Waals surface area contributed by atoms with Crippen molar-refractivity contribution in [2.75, 3.05) is 27.4 Å². The van der Waals surface area contributed by atoms with Gasteiger partial charge in [-0.2, -0.15) is 0 Å². The maximum absolute atomic E-state index is 12.7. The van der Waals surface area contributed by atoms with Gasteiger partial charge < -0.3 is 23.9 Å². The molecule has 0 saturated carbocycles. The van der Waals surface area contributed by atoms with Gasteiger partial charge in [-0.05, 0) is 41.8 Å². The number of hydrogen-bond donors (Lipinski definition) is 1. The predicted molar refractivity (Wildman–Crippen MR) is 146 cm³/mol. The fourth-order valence-electron chi connectivity index (χ4n) is 4.43. The van der Waals surface area contributed by atoms with Crippen LogP contribution in [-0.2, 0) is 32.5 Å². The fourth-order valence-corrected chi connectivity index (χ4v) is 4.43. The van der Waals surface area contributed by atoms with Crippen LogP contribution in [0.25, 0.3) is 28.0 Å². The Bertz CT molecular complexity index is 1490. The summed E-state index contributed by atoms with van der Waals surface area (Å²) >= 11 is 0.